The lowest BCUT2D eigenvalue weighted by Gasteiger charge is -2.04. The minimum absolute atomic E-state index is 0.196. The highest BCUT2D eigenvalue weighted by Crippen LogP contribution is 2.34. The second kappa shape index (κ2) is 3.72. The first-order chi connectivity index (χ1) is 6.58. The molecule has 0 bridgehead atoms. The monoisotopic (exact) mass is 334 g/mol. The lowest BCUT2D eigenvalue weighted by Crippen LogP contribution is -1.77. The highest BCUT2D eigenvalue weighted by molar-refractivity contribution is 9.10. The van der Waals surface area contributed by atoms with Crippen LogP contribution in [0.5, 0.6) is 5.75 Å². The summed E-state index contributed by atoms with van der Waals surface area (Å²) in [6, 6.07) is 7.23. The minimum atomic E-state index is 0.196. The summed E-state index contributed by atoms with van der Waals surface area (Å²) in [5.41, 5.74) is 0. The van der Waals surface area contributed by atoms with Crippen LogP contribution < -0.4 is 0 Å². The maximum atomic E-state index is 9.49. The minimum Gasteiger partial charge on any atom is -0.507 e. The summed E-state index contributed by atoms with van der Waals surface area (Å²) >= 11 is 12.7. The average molecular weight is 336 g/mol. The summed E-state index contributed by atoms with van der Waals surface area (Å²) in [6.45, 7) is 0. The second-order valence-corrected chi connectivity index (χ2v) is 5.09. The summed E-state index contributed by atoms with van der Waals surface area (Å²) < 4.78 is 1.59. The smallest absolute Gasteiger partial charge is 0.130 e. The third-order valence-electron chi connectivity index (χ3n) is 1.93. The molecular weight excluding hydrogens is 331 g/mol. The summed E-state index contributed by atoms with van der Waals surface area (Å²) in [4.78, 5) is 0. The molecule has 0 saturated carbocycles. The number of hydrogen-bond donors (Lipinski definition) is 1. The van der Waals surface area contributed by atoms with Gasteiger partial charge in [-0.2, -0.15) is 0 Å². The molecule has 1 N–H and O–H groups in total. The number of fused-ring (bicyclic) bond motifs is 1. The van der Waals surface area contributed by atoms with Gasteiger partial charge in [-0.1, -0.05) is 27.5 Å². The molecule has 0 spiro atoms. The van der Waals surface area contributed by atoms with Gasteiger partial charge in [-0.25, -0.2) is 0 Å². The van der Waals surface area contributed by atoms with Crippen molar-refractivity contribution >= 4 is 54.2 Å². The highest BCUT2D eigenvalue weighted by atomic mass is 79.9. The molecule has 0 aliphatic carbocycles. The number of rotatable bonds is 0. The van der Waals surface area contributed by atoms with E-state index in [1.807, 2.05) is 12.1 Å². The topological polar surface area (TPSA) is 20.2 Å². The number of aromatic hydroxyl groups is 1. The van der Waals surface area contributed by atoms with Crippen LogP contribution >= 0.6 is 43.5 Å². The van der Waals surface area contributed by atoms with Crippen LogP contribution in [0.4, 0.5) is 0 Å². The second-order valence-electron chi connectivity index (χ2n) is 2.91. The first-order valence-electron chi connectivity index (χ1n) is 3.85. The Morgan fingerprint density at radius 3 is 2.50 bits per heavy atom. The van der Waals surface area contributed by atoms with Gasteiger partial charge in [-0.15, -0.1) is 0 Å². The molecule has 2 aromatic rings. The quantitative estimate of drug-likeness (QED) is 0.738. The number of hydrogen-bond acceptors (Lipinski definition) is 1. The predicted molar refractivity (Wildman–Crippen MR) is 66.0 cm³/mol. The molecule has 0 aromatic heterocycles. The fourth-order valence-electron chi connectivity index (χ4n) is 1.29. The highest BCUT2D eigenvalue weighted by Gasteiger charge is 2.05. The van der Waals surface area contributed by atoms with Gasteiger partial charge in [0.15, 0.2) is 0 Å². The molecule has 0 aliphatic rings. The lowest BCUT2D eigenvalue weighted by atomic mass is 10.1. The Morgan fingerprint density at radius 1 is 1.07 bits per heavy atom. The zero-order chi connectivity index (χ0) is 10.3. The Balaban J connectivity index is 2.89. The van der Waals surface area contributed by atoms with E-state index in [9.17, 15) is 5.11 Å². The van der Waals surface area contributed by atoms with Gasteiger partial charge in [0.2, 0.25) is 0 Å². The van der Waals surface area contributed by atoms with E-state index in [1.165, 1.54) is 0 Å². The maximum absolute atomic E-state index is 9.49. The standard InChI is InChI=1S/C10H5Br2ClO/c11-6-1-5-2-8(12)10(14)4-7(5)9(13)3-6/h1-4,14H. The van der Waals surface area contributed by atoms with Crippen LogP contribution in [0.25, 0.3) is 10.8 Å². The fraction of sp³-hybridized carbons (Fsp3) is 0. The number of halogens is 3. The van der Waals surface area contributed by atoms with E-state index in [1.54, 1.807) is 12.1 Å². The Bertz CT molecular complexity index is 511. The normalized spacial score (nSPS) is 10.8. The SMILES string of the molecule is Oc1cc2c(Cl)cc(Br)cc2cc1Br. The van der Waals surface area contributed by atoms with Gasteiger partial charge in [0.25, 0.3) is 0 Å². The van der Waals surface area contributed by atoms with E-state index in [2.05, 4.69) is 31.9 Å². The predicted octanol–water partition coefficient (Wildman–Crippen LogP) is 4.72. The Labute approximate surface area is 103 Å². The molecule has 0 saturated heterocycles. The van der Waals surface area contributed by atoms with Crippen molar-refractivity contribution in [3.8, 4) is 5.75 Å². The van der Waals surface area contributed by atoms with Gasteiger partial charge in [-0.05, 0) is 45.6 Å². The Kier molecular flexibility index (Phi) is 2.73. The van der Waals surface area contributed by atoms with E-state index in [4.69, 9.17) is 11.6 Å². The van der Waals surface area contributed by atoms with E-state index in [-0.39, 0.29) is 5.75 Å². The summed E-state index contributed by atoms with van der Waals surface area (Å²) in [6.07, 6.45) is 0. The molecule has 0 unspecified atom stereocenters. The molecular formula is C10H5Br2ClO. The molecule has 0 aliphatic heterocycles. The van der Waals surface area contributed by atoms with Crippen LogP contribution in [0.2, 0.25) is 5.02 Å². The van der Waals surface area contributed by atoms with Crippen molar-refractivity contribution in [3.63, 3.8) is 0 Å². The molecule has 2 aromatic carbocycles. The van der Waals surface area contributed by atoms with Crippen LogP contribution in [-0.2, 0) is 0 Å². The first kappa shape index (κ1) is 10.3. The van der Waals surface area contributed by atoms with Crippen molar-refractivity contribution in [2.75, 3.05) is 0 Å². The van der Waals surface area contributed by atoms with Gasteiger partial charge >= 0.3 is 0 Å². The summed E-state index contributed by atoms with van der Waals surface area (Å²) in [5.74, 6) is 0.196. The summed E-state index contributed by atoms with van der Waals surface area (Å²) in [7, 11) is 0. The molecule has 2 rings (SSSR count). The van der Waals surface area contributed by atoms with E-state index in [0.717, 1.165) is 15.2 Å². The third kappa shape index (κ3) is 1.76. The molecule has 4 heteroatoms. The lowest BCUT2D eigenvalue weighted by molar-refractivity contribution is 0.473. The third-order valence-corrected chi connectivity index (χ3v) is 3.34. The zero-order valence-corrected chi connectivity index (χ0v) is 10.8. The molecule has 1 nitrogen and oxygen atoms in total. The summed E-state index contributed by atoms with van der Waals surface area (Å²) in [5, 5.41) is 11.9. The number of benzene rings is 2. The molecule has 14 heavy (non-hydrogen) atoms. The van der Waals surface area contributed by atoms with Crippen molar-refractivity contribution in [3.05, 3.63) is 38.2 Å². The van der Waals surface area contributed by atoms with Crippen LogP contribution in [-0.4, -0.2) is 5.11 Å². The van der Waals surface area contributed by atoms with Crippen molar-refractivity contribution in [1.29, 1.82) is 0 Å². The maximum Gasteiger partial charge on any atom is 0.130 e. The molecule has 0 fully saturated rings. The van der Waals surface area contributed by atoms with E-state index < -0.39 is 0 Å². The number of phenolic OH excluding ortho intramolecular Hbond substituents is 1. The fourth-order valence-corrected chi connectivity index (χ4v) is 2.54. The van der Waals surface area contributed by atoms with Crippen LogP contribution in [0, 0.1) is 0 Å². The molecule has 72 valence electrons. The molecule has 0 amide bonds. The average Bonchev–Trinajstić information content (AvgIpc) is 2.08. The van der Waals surface area contributed by atoms with Gasteiger partial charge < -0.3 is 5.11 Å². The largest absolute Gasteiger partial charge is 0.507 e. The van der Waals surface area contributed by atoms with Crippen LogP contribution in [0.3, 0.4) is 0 Å². The van der Waals surface area contributed by atoms with Gasteiger partial charge in [0, 0.05) is 14.9 Å². The van der Waals surface area contributed by atoms with E-state index >= 15 is 0 Å². The molecule has 0 atom stereocenters. The first-order valence-corrected chi connectivity index (χ1v) is 5.81. The van der Waals surface area contributed by atoms with Crippen molar-refractivity contribution in [1.82, 2.24) is 0 Å². The van der Waals surface area contributed by atoms with Crippen molar-refractivity contribution < 1.29 is 5.11 Å². The van der Waals surface area contributed by atoms with E-state index in [0.29, 0.717) is 9.50 Å². The number of phenols is 1. The molecule has 0 radical (unpaired) electrons. The Hall–Kier alpha value is -0.250. The van der Waals surface area contributed by atoms with Crippen molar-refractivity contribution in [2.45, 2.75) is 0 Å². The van der Waals surface area contributed by atoms with Crippen LogP contribution in [0.1, 0.15) is 0 Å². The van der Waals surface area contributed by atoms with Crippen molar-refractivity contribution in [2.24, 2.45) is 0 Å². The molecule has 0 heterocycles. The zero-order valence-electron chi connectivity index (χ0n) is 6.89. The van der Waals surface area contributed by atoms with Gasteiger partial charge in [-0.3, -0.25) is 0 Å². The van der Waals surface area contributed by atoms with Gasteiger partial charge in [0.1, 0.15) is 5.75 Å². The van der Waals surface area contributed by atoms with Crippen LogP contribution in [0.15, 0.2) is 33.2 Å². The van der Waals surface area contributed by atoms with Gasteiger partial charge in [0.05, 0.1) is 4.47 Å². The Morgan fingerprint density at radius 2 is 1.79 bits per heavy atom.